The molecule has 0 unspecified atom stereocenters. The Morgan fingerprint density at radius 3 is 2.23 bits per heavy atom. The number of Topliss-reactive ketones (excluding diaryl/α,β-unsaturated/α-hetero) is 1. The van der Waals surface area contributed by atoms with Gasteiger partial charge in [0.1, 0.15) is 11.6 Å². The maximum Gasteiger partial charge on any atom is 0.182 e. The van der Waals surface area contributed by atoms with E-state index in [1.165, 1.54) is 13.0 Å². The summed E-state index contributed by atoms with van der Waals surface area (Å²) in [6.07, 6.45) is 0. The third-order valence-electron chi connectivity index (χ3n) is 1.57. The Hall–Kier alpha value is -0.770. The Balaban J connectivity index is 3.20. The second-order valence-corrected chi connectivity index (χ2v) is 3.95. The van der Waals surface area contributed by atoms with E-state index in [4.69, 9.17) is 0 Å². The maximum absolute atomic E-state index is 13.0. The number of rotatable bonds is 2. The summed E-state index contributed by atoms with van der Waals surface area (Å²) in [6, 6.07) is 3.34. The highest BCUT2D eigenvalue weighted by atomic mass is 79.9. The minimum Gasteiger partial charge on any atom is -0.293 e. The lowest BCUT2D eigenvalue weighted by atomic mass is 10.1. The van der Waals surface area contributed by atoms with E-state index in [9.17, 15) is 13.6 Å². The molecule has 0 amide bonds. The third kappa shape index (κ3) is 2.12. The van der Waals surface area contributed by atoms with Crippen LogP contribution in [0.1, 0.15) is 17.3 Å². The lowest BCUT2D eigenvalue weighted by molar-refractivity contribution is 0.0988. The lowest BCUT2D eigenvalue weighted by Crippen LogP contribution is -2.14. The number of hydrogen-bond acceptors (Lipinski definition) is 1. The highest BCUT2D eigenvalue weighted by Gasteiger charge is 2.20. The summed E-state index contributed by atoms with van der Waals surface area (Å²) >= 11 is 2.96. The summed E-state index contributed by atoms with van der Waals surface area (Å²) < 4.78 is 26.0. The van der Waals surface area contributed by atoms with Crippen molar-refractivity contribution in [3.63, 3.8) is 0 Å². The first-order valence-electron chi connectivity index (χ1n) is 3.66. The van der Waals surface area contributed by atoms with Crippen molar-refractivity contribution in [3.05, 3.63) is 35.4 Å². The third-order valence-corrected chi connectivity index (χ3v) is 1.99. The zero-order valence-electron chi connectivity index (χ0n) is 6.85. The summed E-state index contributed by atoms with van der Waals surface area (Å²) in [5, 5.41) is 0. The molecule has 0 fully saturated rings. The molecule has 0 saturated heterocycles. The van der Waals surface area contributed by atoms with Gasteiger partial charge in [0.15, 0.2) is 5.78 Å². The van der Waals surface area contributed by atoms with Crippen molar-refractivity contribution in [2.45, 2.75) is 11.8 Å². The zero-order chi connectivity index (χ0) is 10.0. The summed E-state index contributed by atoms with van der Waals surface area (Å²) in [4.78, 5) is 10.7. The standard InChI is InChI=1S/C9H7BrF2O/c1-5(10)9(13)8-6(11)3-2-4-7(8)12/h2-5H,1H3/t5-/m1/s1. The molecule has 1 atom stereocenters. The predicted octanol–water partition coefficient (Wildman–Crippen LogP) is 2.93. The van der Waals surface area contributed by atoms with Gasteiger partial charge >= 0.3 is 0 Å². The van der Waals surface area contributed by atoms with E-state index in [0.717, 1.165) is 12.1 Å². The second kappa shape index (κ2) is 3.96. The molecule has 0 heterocycles. The first-order chi connectivity index (χ1) is 6.04. The fraction of sp³-hybridized carbons (Fsp3) is 0.222. The van der Waals surface area contributed by atoms with Crippen LogP contribution in [0.4, 0.5) is 8.78 Å². The van der Waals surface area contributed by atoms with Crippen molar-refractivity contribution in [3.8, 4) is 0 Å². The SMILES string of the molecule is C[C@@H](Br)C(=O)c1c(F)cccc1F. The van der Waals surface area contributed by atoms with Gasteiger partial charge in [-0.25, -0.2) is 8.78 Å². The number of hydrogen-bond donors (Lipinski definition) is 0. The number of benzene rings is 1. The molecule has 0 bridgehead atoms. The van der Waals surface area contributed by atoms with Gasteiger partial charge in [-0.2, -0.15) is 0 Å². The van der Waals surface area contributed by atoms with E-state index in [1.54, 1.807) is 0 Å². The molecule has 1 aromatic carbocycles. The van der Waals surface area contributed by atoms with Crippen LogP contribution >= 0.6 is 15.9 Å². The Morgan fingerprint density at radius 1 is 1.38 bits per heavy atom. The molecule has 0 aromatic heterocycles. The number of alkyl halides is 1. The van der Waals surface area contributed by atoms with Crippen molar-refractivity contribution >= 4 is 21.7 Å². The summed E-state index contributed by atoms with van der Waals surface area (Å²) in [6.45, 7) is 1.52. The average molecular weight is 249 g/mol. The van der Waals surface area contributed by atoms with Crippen LogP contribution in [-0.2, 0) is 0 Å². The summed E-state index contributed by atoms with van der Waals surface area (Å²) in [5.41, 5.74) is -0.480. The van der Waals surface area contributed by atoms with Crippen molar-refractivity contribution in [2.75, 3.05) is 0 Å². The van der Waals surface area contributed by atoms with Gasteiger partial charge < -0.3 is 0 Å². The van der Waals surface area contributed by atoms with Crippen LogP contribution in [-0.4, -0.2) is 10.6 Å². The van der Waals surface area contributed by atoms with E-state index >= 15 is 0 Å². The molecular weight excluding hydrogens is 242 g/mol. The van der Waals surface area contributed by atoms with E-state index in [2.05, 4.69) is 15.9 Å². The Kier molecular flexibility index (Phi) is 3.14. The van der Waals surface area contributed by atoms with Gasteiger partial charge in [-0.05, 0) is 19.1 Å². The van der Waals surface area contributed by atoms with Crippen LogP contribution in [0.25, 0.3) is 0 Å². The molecule has 0 aliphatic carbocycles. The quantitative estimate of drug-likeness (QED) is 0.581. The number of carbonyl (C=O) groups excluding carboxylic acids is 1. The lowest BCUT2D eigenvalue weighted by Gasteiger charge is -2.04. The molecule has 4 heteroatoms. The molecule has 0 radical (unpaired) electrons. The van der Waals surface area contributed by atoms with Crippen LogP contribution < -0.4 is 0 Å². The Labute approximate surface area is 82.9 Å². The molecule has 0 saturated carbocycles. The highest BCUT2D eigenvalue weighted by molar-refractivity contribution is 9.10. The number of carbonyl (C=O) groups is 1. The average Bonchev–Trinajstić information content (AvgIpc) is 2.03. The predicted molar refractivity (Wildman–Crippen MR) is 49.1 cm³/mol. The monoisotopic (exact) mass is 248 g/mol. The van der Waals surface area contributed by atoms with E-state index in [-0.39, 0.29) is 0 Å². The van der Waals surface area contributed by atoms with Gasteiger partial charge in [0.25, 0.3) is 0 Å². The van der Waals surface area contributed by atoms with Gasteiger partial charge in [-0.3, -0.25) is 4.79 Å². The molecule has 1 nitrogen and oxygen atoms in total. The fourth-order valence-corrected chi connectivity index (χ4v) is 1.16. The Bertz CT molecular complexity index is 316. The molecular formula is C9H7BrF2O. The van der Waals surface area contributed by atoms with Gasteiger partial charge in [0.05, 0.1) is 10.4 Å². The van der Waals surface area contributed by atoms with Crippen molar-refractivity contribution in [2.24, 2.45) is 0 Å². The van der Waals surface area contributed by atoms with Crippen LogP contribution in [0.15, 0.2) is 18.2 Å². The molecule has 0 aliphatic rings. The zero-order valence-corrected chi connectivity index (χ0v) is 8.44. The first kappa shape index (κ1) is 10.3. The topological polar surface area (TPSA) is 17.1 Å². The van der Waals surface area contributed by atoms with Gasteiger partial charge in [0.2, 0.25) is 0 Å². The van der Waals surface area contributed by atoms with E-state index < -0.39 is 27.8 Å². The van der Waals surface area contributed by atoms with E-state index in [0.29, 0.717) is 0 Å². The molecule has 13 heavy (non-hydrogen) atoms. The fourth-order valence-electron chi connectivity index (χ4n) is 0.932. The highest BCUT2D eigenvalue weighted by Crippen LogP contribution is 2.16. The Morgan fingerprint density at radius 2 is 1.85 bits per heavy atom. The van der Waals surface area contributed by atoms with Crippen LogP contribution in [0.2, 0.25) is 0 Å². The largest absolute Gasteiger partial charge is 0.293 e. The van der Waals surface area contributed by atoms with Gasteiger partial charge in [-0.15, -0.1) is 0 Å². The van der Waals surface area contributed by atoms with Crippen LogP contribution in [0, 0.1) is 11.6 Å². The minimum atomic E-state index is -0.823. The van der Waals surface area contributed by atoms with Crippen molar-refractivity contribution < 1.29 is 13.6 Å². The molecule has 1 aromatic rings. The smallest absolute Gasteiger partial charge is 0.182 e. The first-order valence-corrected chi connectivity index (χ1v) is 4.58. The molecule has 70 valence electrons. The minimum absolute atomic E-state index is 0.480. The second-order valence-electron chi connectivity index (χ2n) is 2.58. The number of ketones is 1. The number of halogens is 3. The molecule has 0 N–H and O–H groups in total. The maximum atomic E-state index is 13.0. The van der Waals surface area contributed by atoms with Gasteiger partial charge in [0, 0.05) is 0 Å². The molecule has 0 spiro atoms. The molecule has 0 aliphatic heterocycles. The van der Waals surface area contributed by atoms with Crippen LogP contribution in [0.3, 0.4) is 0 Å². The van der Waals surface area contributed by atoms with Crippen LogP contribution in [0.5, 0.6) is 0 Å². The van der Waals surface area contributed by atoms with Crippen molar-refractivity contribution in [1.82, 2.24) is 0 Å². The summed E-state index contributed by atoms with van der Waals surface area (Å²) in [7, 11) is 0. The molecule has 1 rings (SSSR count). The summed E-state index contributed by atoms with van der Waals surface area (Å²) in [5.74, 6) is -2.23. The van der Waals surface area contributed by atoms with Gasteiger partial charge in [-0.1, -0.05) is 22.0 Å². The van der Waals surface area contributed by atoms with E-state index in [1.807, 2.05) is 0 Å². The van der Waals surface area contributed by atoms with Crippen molar-refractivity contribution in [1.29, 1.82) is 0 Å². The normalized spacial score (nSPS) is 12.6.